The Labute approximate surface area is 265 Å². The average Bonchev–Trinajstić information content (AvgIpc) is 3.66. The molecule has 46 heavy (non-hydrogen) atoms. The van der Waals surface area contributed by atoms with Gasteiger partial charge in [0.25, 0.3) is 0 Å². The third-order valence-corrected chi connectivity index (χ3v) is 10.6. The van der Waals surface area contributed by atoms with Crippen molar-refractivity contribution in [3.63, 3.8) is 0 Å². The molecule has 9 aromatic rings. The SMILES string of the molecule is c1ccc2c(c1)-c1ccccc1C21c2ccccc2-n2c(-c3ccc4c5ccccc5c5ccccc5c4c3)nc3cccc1c32. The van der Waals surface area contributed by atoms with Gasteiger partial charge in [-0.1, -0.05) is 140 Å². The van der Waals surface area contributed by atoms with Crippen molar-refractivity contribution in [1.29, 1.82) is 0 Å². The minimum absolute atomic E-state index is 0.422. The van der Waals surface area contributed by atoms with Crippen molar-refractivity contribution in [2.45, 2.75) is 5.41 Å². The zero-order valence-corrected chi connectivity index (χ0v) is 24.9. The van der Waals surface area contributed by atoms with Crippen molar-refractivity contribution < 1.29 is 0 Å². The zero-order valence-electron chi connectivity index (χ0n) is 24.9. The Morgan fingerprint density at radius 1 is 0.413 bits per heavy atom. The number of hydrogen-bond acceptors (Lipinski definition) is 1. The molecule has 0 amide bonds. The highest BCUT2D eigenvalue weighted by Crippen LogP contribution is 2.60. The molecule has 0 saturated carbocycles. The van der Waals surface area contributed by atoms with Crippen LogP contribution in [0.25, 0.3) is 71.6 Å². The fourth-order valence-corrected chi connectivity index (χ4v) is 8.85. The molecule has 2 aliphatic rings. The monoisotopic (exact) mass is 582 g/mol. The molecule has 1 spiro atoms. The summed E-state index contributed by atoms with van der Waals surface area (Å²) in [5.74, 6) is 0.975. The molecular weight excluding hydrogens is 556 g/mol. The summed E-state index contributed by atoms with van der Waals surface area (Å²) >= 11 is 0. The van der Waals surface area contributed by atoms with Gasteiger partial charge in [-0.3, -0.25) is 4.57 Å². The Hall–Kier alpha value is -5.99. The molecule has 0 fully saturated rings. The molecule has 0 N–H and O–H groups in total. The van der Waals surface area contributed by atoms with Crippen LogP contribution in [0.15, 0.2) is 158 Å². The molecule has 2 heterocycles. The standard InChI is InChI=1S/C44H26N2/c1-2-14-30-28(12-1)29-13-3-4-15-31(29)35-26-27(24-25-32(30)35)43-45-40-22-11-21-39-42(40)46(43)41-23-10-9-20-38(41)44(39)36-18-7-5-16-33(36)34-17-6-8-19-37(34)44/h1-26H. The molecule has 2 heteroatoms. The van der Waals surface area contributed by atoms with Crippen LogP contribution < -0.4 is 0 Å². The number of nitrogens with zero attached hydrogens (tertiary/aromatic N) is 2. The molecule has 8 aromatic carbocycles. The van der Waals surface area contributed by atoms with Gasteiger partial charge in [-0.25, -0.2) is 4.98 Å². The van der Waals surface area contributed by atoms with Gasteiger partial charge in [-0.15, -0.1) is 0 Å². The highest BCUT2D eigenvalue weighted by molar-refractivity contribution is 6.25. The van der Waals surface area contributed by atoms with Gasteiger partial charge in [0.15, 0.2) is 0 Å². The van der Waals surface area contributed by atoms with Crippen LogP contribution >= 0.6 is 0 Å². The lowest BCUT2D eigenvalue weighted by Crippen LogP contribution is -2.33. The molecule has 1 aliphatic carbocycles. The first-order chi connectivity index (χ1) is 22.8. The van der Waals surface area contributed by atoms with Gasteiger partial charge in [0.1, 0.15) is 5.82 Å². The van der Waals surface area contributed by atoms with E-state index < -0.39 is 5.41 Å². The summed E-state index contributed by atoms with van der Waals surface area (Å²) < 4.78 is 2.43. The van der Waals surface area contributed by atoms with Crippen molar-refractivity contribution in [2.75, 3.05) is 0 Å². The lowest BCUT2D eigenvalue weighted by molar-refractivity contribution is 0.746. The quantitative estimate of drug-likeness (QED) is 0.176. The van der Waals surface area contributed by atoms with E-state index in [0.29, 0.717) is 0 Å². The van der Waals surface area contributed by atoms with E-state index in [4.69, 9.17) is 4.98 Å². The van der Waals surface area contributed by atoms with Crippen LogP contribution in [0.4, 0.5) is 0 Å². The summed E-state index contributed by atoms with van der Waals surface area (Å²) in [6.45, 7) is 0. The number of aromatic nitrogens is 2. The maximum atomic E-state index is 5.43. The van der Waals surface area contributed by atoms with Crippen molar-refractivity contribution in [3.8, 4) is 28.2 Å². The Morgan fingerprint density at radius 3 is 1.61 bits per heavy atom. The van der Waals surface area contributed by atoms with Gasteiger partial charge >= 0.3 is 0 Å². The Bertz CT molecular complexity index is 2680. The highest BCUT2D eigenvalue weighted by Gasteiger charge is 2.50. The van der Waals surface area contributed by atoms with Crippen molar-refractivity contribution >= 4 is 43.4 Å². The van der Waals surface area contributed by atoms with Crippen LogP contribution in [0.3, 0.4) is 0 Å². The smallest absolute Gasteiger partial charge is 0.145 e. The van der Waals surface area contributed by atoms with E-state index in [1.165, 1.54) is 76.9 Å². The summed E-state index contributed by atoms with van der Waals surface area (Å²) in [7, 11) is 0. The molecule has 212 valence electrons. The molecular formula is C44H26N2. The van der Waals surface area contributed by atoms with Crippen LogP contribution in [-0.4, -0.2) is 9.55 Å². The summed E-state index contributed by atoms with van der Waals surface area (Å²) in [6.07, 6.45) is 0. The largest absolute Gasteiger partial charge is 0.292 e. The van der Waals surface area contributed by atoms with E-state index in [9.17, 15) is 0 Å². The average molecular weight is 583 g/mol. The first-order valence-corrected chi connectivity index (χ1v) is 16.0. The van der Waals surface area contributed by atoms with Crippen LogP contribution in [-0.2, 0) is 5.41 Å². The van der Waals surface area contributed by atoms with Crippen molar-refractivity contribution in [2.24, 2.45) is 0 Å². The van der Waals surface area contributed by atoms with E-state index in [-0.39, 0.29) is 0 Å². The predicted octanol–water partition coefficient (Wildman–Crippen LogP) is 10.8. The summed E-state index contributed by atoms with van der Waals surface area (Å²) in [5, 5.41) is 7.65. The molecule has 0 radical (unpaired) electrons. The molecule has 1 aliphatic heterocycles. The zero-order chi connectivity index (χ0) is 30.0. The second-order valence-corrected chi connectivity index (χ2v) is 12.7. The normalized spacial score (nSPS) is 13.8. The van der Waals surface area contributed by atoms with Gasteiger partial charge in [-0.2, -0.15) is 0 Å². The van der Waals surface area contributed by atoms with E-state index in [0.717, 1.165) is 16.9 Å². The Morgan fingerprint density at radius 2 is 0.935 bits per heavy atom. The highest BCUT2D eigenvalue weighted by atomic mass is 15.1. The van der Waals surface area contributed by atoms with Gasteiger partial charge in [0, 0.05) is 5.56 Å². The van der Waals surface area contributed by atoms with Crippen molar-refractivity contribution in [1.82, 2.24) is 9.55 Å². The lowest BCUT2D eigenvalue weighted by atomic mass is 9.65. The third kappa shape index (κ3) is 2.81. The number of fused-ring (bicyclic) bond motifs is 15. The fourth-order valence-electron chi connectivity index (χ4n) is 8.85. The maximum Gasteiger partial charge on any atom is 0.145 e. The topological polar surface area (TPSA) is 17.8 Å². The second kappa shape index (κ2) is 8.59. The van der Waals surface area contributed by atoms with Crippen LogP contribution in [0.1, 0.15) is 22.3 Å². The number of rotatable bonds is 1. The summed E-state index contributed by atoms with van der Waals surface area (Å²) in [4.78, 5) is 5.43. The van der Waals surface area contributed by atoms with E-state index >= 15 is 0 Å². The molecule has 0 atom stereocenters. The van der Waals surface area contributed by atoms with Gasteiger partial charge < -0.3 is 0 Å². The summed E-state index contributed by atoms with van der Waals surface area (Å²) in [5.41, 5.74) is 12.0. The minimum atomic E-state index is -0.422. The second-order valence-electron chi connectivity index (χ2n) is 12.7. The number of hydrogen-bond donors (Lipinski definition) is 0. The first-order valence-electron chi connectivity index (χ1n) is 16.0. The number of para-hydroxylation sites is 2. The van der Waals surface area contributed by atoms with Gasteiger partial charge in [0.2, 0.25) is 0 Å². The van der Waals surface area contributed by atoms with E-state index in [1.807, 2.05) is 0 Å². The predicted molar refractivity (Wildman–Crippen MR) is 190 cm³/mol. The maximum absolute atomic E-state index is 5.43. The molecule has 1 aromatic heterocycles. The molecule has 11 rings (SSSR count). The summed E-state index contributed by atoms with van der Waals surface area (Å²) in [6, 6.07) is 58.1. The fraction of sp³-hybridized carbons (Fsp3) is 0.0227. The van der Waals surface area contributed by atoms with Crippen LogP contribution in [0, 0.1) is 0 Å². The lowest BCUT2D eigenvalue weighted by Gasteiger charge is -2.39. The van der Waals surface area contributed by atoms with E-state index in [2.05, 4.69) is 162 Å². The third-order valence-electron chi connectivity index (χ3n) is 10.6. The Kier molecular flexibility index (Phi) is 4.55. The molecule has 0 saturated heterocycles. The number of imidazole rings is 1. The first kappa shape index (κ1) is 24.3. The minimum Gasteiger partial charge on any atom is -0.292 e. The Balaban J connectivity index is 1.27. The van der Waals surface area contributed by atoms with Gasteiger partial charge in [-0.05, 0) is 83.9 Å². The van der Waals surface area contributed by atoms with Crippen LogP contribution in [0.2, 0.25) is 0 Å². The molecule has 0 bridgehead atoms. The number of benzene rings is 8. The molecule has 0 unspecified atom stereocenters. The molecule has 2 nitrogen and oxygen atoms in total. The van der Waals surface area contributed by atoms with Crippen LogP contribution in [0.5, 0.6) is 0 Å². The van der Waals surface area contributed by atoms with Gasteiger partial charge in [0.05, 0.1) is 22.1 Å². The van der Waals surface area contributed by atoms with E-state index in [1.54, 1.807) is 0 Å². The van der Waals surface area contributed by atoms with Crippen molar-refractivity contribution in [3.05, 3.63) is 180 Å².